The van der Waals surface area contributed by atoms with Crippen molar-refractivity contribution in [2.75, 3.05) is 21.3 Å². The fraction of sp³-hybridized carbons (Fsp3) is 0.296. The third kappa shape index (κ3) is 4.21. The predicted molar refractivity (Wildman–Crippen MR) is 135 cm³/mol. The minimum atomic E-state index is -0.453. The molecule has 4 rings (SSSR count). The van der Waals surface area contributed by atoms with Crippen LogP contribution in [0.25, 0.3) is 21.7 Å². The molecule has 0 fully saturated rings. The van der Waals surface area contributed by atoms with Crippen LogP contribution in [-0.2, 0) is 6.42 Å². The van der Waals surface area contributed by atoms with E-state index in [1.807, 2.05) is 25.1 Å². The number of carbonyl (C=O) groups excluding carboxylic acids is 1. The second-order valence-corrected chi connectivity index (χ2v) is 7.83. The zero-order valence-corrected chi connectivity index (χ0v) is 19.4. The minimum absolute atomic E-state index is 0. The molecule has 7 nitrogen and oxygen atoms in total. The normalized spacial score (nSPS) is 10.7. The zero-order valence-electron chi connectivity index (χ0n) is 19.4. The molecule has 0 aliphatic heterocycles. The standard InChI is InChI=1S/C26H26N2O5.CH4/c1-6-7-21-19(11-15-10-16(31-3)8-9-20(15)28-21)25(29)24-18-13-23(33-5)22(32-4)12-17(18)14(2)27-26(24)30;/h8-13H,6-7H2,1-5H3,(H,27,30);1H4. The van der Waals surface area contributed by atoms with Crippen LogP contribution in [-0.4, -0.2) is 37.1 Å². The Bertz CT molecular complexity index is 1440. The molecule has 0 saturated carbocycles. The van der Waals surface area contributed by atoms with Crippen LogP contribution >= 0.6 is 0 Å². The molecule has 0 spiro atoms. The molecule has 2 aromatic carbocycles. The Morgan fingerprint density at radius 1 is 0.971 bits per heavy atom. The lowest BCUT2D eigenvalue weighted by Crippen LogP contribution is -2.21. The van der Waals surface area contributed by atoms with Gasteiger partial charge in [0, 0.05) is 27.4 Å². The number of fused-ring (bicyclic) bond motifs is 2. The van der Waals surface area contributed by atoms with E-state index in [9.17, 15) is 9.59 Å². The Hall–Kier alpha value is -3.87. The molecule has 2 heterocycles. The van der Waals surface area contributed by atoms with Crippen LogP contribution < -0.4 is 19.8 Å². The number of aromatic amines is 1. The van der Waals surface area contributed by atoms with E-state index in [0.717, 1.165) is 17.3 Å². The van der Waals surface area contributed by atoms with E-state index in [2.05, 4.69) is 4.98 Å². The molecule has 0 unspecified atom stereocenters. The number of hydrogen-bond donors (Lipinski definition) is 1. The van der Waals surface area contributed by atoms with Crippen LogP contribution in [0.3, 0.4) is 0 Å². The van der Waals surface area contributed by atoms with E-state index in [-0.39, 0.29) is 18.8 Å². The lowest BCUT2D eigenvalue weighted by molar-refractivity contribution is 0.103. The number of benzene rings is 2. The topological polar surface area (TPSA) is 90.5 Å². The summed E-state index contributed by atoms with van der Waals surface area (Å²) in [6, 6.07) is 10.8. The maximum Gasteiger partial charge on any atom is 0.260 e. The first-order valence-corrected chi connectivity index (χ1v) is 10.7. The Kier molecular flexibility index (Phi) is 7.25. The van der Waals surface area contributed by atoms with E-state index in [0.29, 0.717) is 51.4 Å². The van der Waals surface area contributed by atoms with Gasteiger partial charge in [-0.05, 0) is 49.7 Å². The predicted octanol–water partition coefficient (Wildman–Crippen LogP) is 5.23. The molecule has 4 aromatic rings. The highest BCUT2D eigenvalue weighted by atomic mass is 16.5. The van der Waals surface area contributed by atoms with Crippen molar-refractivity contribution >= 4 is 27.5 Å². The first kappa shape index (κ1) is 24.8. The number of methoxy groups -OCH3 is 3. The van der Waals surface area contributed by atoms with Crippen molar-refractivity contribution in [2.45, 2.75) is 34.1 Å². The molecular weight excluding hydrogens is 432 g/mol. The lowest BCUT2D eigenvalue weighted by Gasteiger charge is -2.14. The quantitative estimate of drug-likeness (QED) is 0.378. The number of aromatic nitrogens is 2. The average Bonchev–Trinajstić information content (AvgIpc) is 2.82. The molecule has 34 heavy (non-hydrogen) atoms. The SMILES string of the molecule is C.CCCc1nc2ccc(OC)cc2cc1C(=O)c1c(=O)[nH]c(C)c2cc(OC)c(OC)cc12. The number of carbonyl (C=O) groups is 1. The van der Waals surface area contributed by atoms with E-state index in [1.54, 1.807) is 39.3 Å². The molecule has 0 bridgehead atoms. The molecule has 0 aliphatic rings. The summed E-state index contributed by atoms with van der Waals surface area (Å²) < 4.78 is 16.2. The third-order valence-corrected chi connectivity index (χ3v) is 5.78. The highest BCUT2D eigenvalue weighted by Crippen LogP contribution is 2.35. The number of nitrogens with one attached hydrogen (secondary N) is 1. The number of hydrogen-bond acceptors (Lipinski definition) is 6. The minimum Gasteiger partial charge on any atom is -0.497 e. The van der Waals surface area contributed by atoms with Gasteiger partial charge in [-0.25, -0.2) is 0 Å². The van der Waals surface area contributed by atoms with Crippen molar-refractivity contribution in [3.05, 3.63) is 69.3 Å². The molecule has 1 N–H and O–H groups in total. The van der Waals surface area contributed by atoms with Gasteiger partial charge in [-0.3, -0.25) is 14.6 Å². The van der Waals surface area contributed by atoms with Gasteiger partial charge in [-0.15, -0.1) is 0 Å². The van der Waals surface area contributed by atoms with Gasteiger partial charge in [0.25, 0.3) is 5.56 Å². The summed E-state index contributed by atoms with van der Waals surface area (Å²) in [4.78, 5) is 34.5. The van der Waals surface area contributed by atoms with Crippen molar-refractivity contribution in [1.29, 1.82) is 0 Å². The number of ketones is 1. The number of ether oxygens (including phenoxy) is 3. The summed E-state index contributed by atoms with van der Waals surface area (Å²) >= 11 is 0. The molecule has 178 valence electrons. The van der Waals surface area contributed by atoms with Gasteiger partial charge in [0.2, 0.25) is 5.78 Å². The van der Waals surface area contributed by atoms with Gasteiger partial charge in [-0.1, -0.05) is 20.8 Å². The van der Waals surface area contributed by atoms with Gasteiger partial charge >= 0.3 is 0 Å². The zero-order chi connectivity index (χ0) is 23.7. The Labute approximate surface area is 198 Å². The molecule has 0 atom stereocenters. The maximum atomic E-state index is 13.9. The molecule has 0 radical (unpaired) electrons. The van der Waals surface area contributed by atoms with Crippen molar-refractivity contribution < 1.29 is 19.0 Å². The van der Waals surface area contributed by atoms with Gasteiger partial charge in [0.15, 0.2) is 11.5 Å². The maximum absolute atomic E-state index is 13.9. The summed E-state index contributed by atoms with van der Waals surface area (Å²) in [5.74, 6) is 1.25. The van der Waals surface area contributed by atoms with Gasteiger partial charge in [0.05, 0.1) is 38.1 Å². The van der Waals surface area contributed by atoms with Crippen molar-refractivity contribution in [2.24, 2.45) is 0 Å². The van der Waals surface area contributed by atoms with Crippen molar-refractivity contribution in [3.63, 3.8) is 0 Å². The molecule has 2 aromatic heterocycles. The number of nitrogens with zero attached hydrogens (tertiary/aromatic N) is 1. The molecular formula is C27H30N2O5. The van der Waals surface area contributed by atoms with Gasteiger partial charge < -0.3 is 19.2 Å². The van der Waals surface area contributed by atoms with E-state index in [1.165, 1.54) is 7.11 Å². The van der Waals surface area contributed by atoms with Crippen molar-refractivity contribution in [3.8, 4) is 17.2 Å². The van der Waals surface area contributed by atoms with Crippen LogP contribution in [0, 0.1) is 6.92 Å². The molecule has 7 heteroatoms. The third-order valence-electron chi connectivity index (χ3n) is 5.78. The number of aryl methyl sites for hydroxylation is 2. The van der Waals surface area contributed by atoms with E-state index >= 15 is 0 Å². The molecule has 0 amide bonds. The summed E-state index contributed by atoms with van der Waals surface area (Å²) in [6.07, 6.45) is 1.42. The van der Waals surface area contributed by atoms with Crippen LogP contribution in [0.1, 0.15) is 48.1 Å². The summed E-state index contributed by atoms with van der Waals surface area (Å²) in [7, 11) is 4.65. The Morgan fingerprint density at radius 2 is 1.65 bits per heavy atom. The van der Waals surface area contributed by atoms with E-state index < -0.39 is 5.56 Å². The fourth-order valence-electron chi connectivity index (χ4n) is 4.12. The van der Waals surface area contributed by atoms with Gasteiger partial charge in [-0.2, -0.15) is 0 Å². The second-order valence-electron chi connectivity index (χ2n) is 7.83. The first-order chi connectivity index (χ1) is 15.9. The highest BCUT2D eigenvalue weighted by Gasteiger charge is 2.23. The van der Waals surface area contributed by atoms with Crippen LogP contribution in [0.4, 0.5) is 0 Å². The van der Waals surface area contributed by atoms with Crippen LogP contribution in [0.2, 0.25) is 0 Å². The monoisotopic (exact) mass is 462 g/mol. The van der Waals surface area contributed by atoms with Gasteiger partial charge in [0.1, 0.15) is 5.75 Å². The first-order valence-electron chi connectivity index (χ1n) is 10.7. The van der Waals surface area contributed by atoms with Crippen LogP contribution in [0.5, 0.6) is 17.2 Å². The second kappa shape index (κ2) is 9.95. The van der Waals surface area contributed by atoms with E-state index in [4.69, 9.17) is 19.2 Å². The summed E-state index contributed by atoms with van der Waals surface area (Å²) in [5, 5.41) is 1.99. The van der Waals surface area contributed by atoms with Crippen LogP contribution in [0.15, 0.2) is 41.2 Å². The smallest absolute Gasteiger partial charge is 0.260 e. The Morgan fingerprint density at radius 3 is 2.26 bits per heavy atom. The number of H-pyrrole nitrogens is 1. The number of rotatable bonds is 7. The largest absolute Gasteiger partial charge is 0.497 e. The molecule has 0 aliphatic carbocycles. The molecule has 0 saturated heterocycles. The summed E-state index contributed by atoms with van der Waals surface area (Å²) in [6.45, 7) is 3.82. The highest BCUT2D eigenvalue weighted by molar-refractivity contribution is 6.18. The summed E-state index contributed by atoms with van der Waals surface area (Å²) in [5.41, 5.74) is 2.08. The Balaban J connectivity index is 0.00000324. The average molecular weight is 463 g/mol. The lowest BCUT2D eigenvalue weighted by atomic mass is 9.94. The van der Waals surface area contributed by atoms with Crippen molar-refractivity contribution in [1.82, 2.24) is 9.97 Å². The fourth-order valence-corrected chi connectivity index (χ4v) is 4.12. The number of pyridine rings is 2.